The van der Waals surface area contributed by atoms with Crippen LogP contribution < -0.4 is 10.5 Å². The number of nitrogens with two attached hydrogens (primary N) is 1. The molecule has 0 aliphatic carbocycles. The van der Waals surface area contributed by atoms with Crippen molar-refractivity contribution in [2.75, 3.05) is 0 Å². The maximum absolute atomic E-state index is 11.7. The highest BCUT2D eigenvalue weighted by atomic mass is 32.2. The van der Waals surface area contributed by atoms with Gasteiger partial charge in [-0.1, -0.05) is 18.2 Å². The monoisotopic (exact) mass is 255 g/mol. The molecule has 91 valence electrons. The molecule has 0 aromatic heterocycles. The summed E-state index contributed by atoms with van der Waals surface area (Å²) in [6.45, 7) is 1.15. The van der Waals surface area contributed by atoms with E-state index in [0.29, 0.717) is 0 Å². The van der Waals surface area contributed by atoms with Crippen LogP contribution in [0.3, 0.4) is 0 Å². The number of carbonyl (C=O) groups is 2. The third-order valence-corrected chi connectivity index (χ3v) is 3.34. The van der Waals surface area contributed by atoms with Gasteiger partial charge < -0.3 is 5.73 Å². The molecule has 7 heteroatoms. The molecule has 0 heterocycles. The fourth-order valence-electron chi connectivity index (χ4n) is 0.969. The molecule has 2 amide bonds. The lowest BCUT2D eigenvalue weighted by Gasteiger charge is -2.08. The van der Waals surface area contributed by atoms with E-state index in [1.807, 2.05) is 0 Å². The number of hydrogen-bond acceptors (Lipinski definition) is 4. The zero-order valence-corrected chi connectivity index (χ0v) is 9.82. The SMILES string of the molecule is C[C](C(N)=O)C(=O)NS(=O)(=O)c1ccccc1. The normalized spacial score (nSPS) is 11.2. The Hall–Kier alpha value is -1.89. The third-order valence-electron chi connectivity index (χ3n) is 1.99. The molecule has 0 saturated carbocycles. The zero-order valence-electron chi connectivity index (χ0n) is 9.01. The molecular weight excluding hydrogens is 244 g/mol. The van der Waals surface area contributed by atoms with Crippen molar-refractivity contribution in [3.63, 3.8) is 0 Å². The van der Waals surface area contributed by atoms with E-state index < -0.39 is 21.8 Å². The number of hydrogen-bond donors (Lipinski definition) is 2. The first kappa shape index (κ1) is 13.2. The van der Waals surface area contributed by atoms with Gasteiger partial charge >= 0.3 is 0 Å². The van der Waals surface area contributed by atoms with Crippen LogP contribution in [0.4, 0.5) is 0 Å². The maximum atomic E-state index is 11.7. The van der Waals surface area contributed by atoms with Gasteiger partial charge in [0.15, 0.2) is 0 Å². The van der Waals surface area contributed by atoms with Crippen LogP contribution in [-0.4, -0.2) is 20.2 Å². The van der Waals surface area contributed by atoms with Crippen molar-refractivity contribution in [2.45, 2.75) is 11.8 Å². The summed E-state index contributed by atoms with van der Waals surface area (Å²) in [4.78, 5) is 22.0. The first-order chi connectivity index (χ1) is 7.84. The molecule has 0 atom stereocenters. The van der Waals surface area contributed by atoms with Crippen molar-refractivity contribution in [2.24, 2.45) is 5.73 Å². The fourth-order valence-corrected chi connectivity index (χ4v) is 2.00. The predicted octanol–water partition coefficient (Wildman–Crippen LogP) is -0.429. The van der Waals surface area contributed by atoms with Crippen molar-refractivity contribution in [1.82, 2.24) is 4.72 Å². The summed E-state index contributed by atoms with van der Waals surface area (Å²) < 4.78 is 25.1. The van der Waals surface area contributed by atoms with Gasteiger partial charge in [-0.2, -0.15) is 0 Å². The molecule has 0 unspecified atom stereocenters. The van der Waals surface area contributed by atoms with E-state index >= 15 is 0 Å². The lowest BCUT2D eigenvalue weighted by atomic mass is 10.2. The molecule has 0 aliphatic rings. The highest BCUT2D eigenvalue weighted by molar-refractivity contribution is 7.90. The Morgan fingerprint density at radius 3 is 2.18 bits per heavy atom. The number of carbonyl (C=O) groups excluding carboxylic acids is 2. The predicted molar refractivity (Wildman–Crippen MR) is 59.9 cm³/mol. The van der Waals surface area contributed by atoms with Gasteiger partial charge in [0.05, 0.1) is 4.90 Å². The van der Waals surface area contributed by atoms with E-state index in [4.69, 9.17) is 5.73 Å². The minimum atomic E-state index is -3.97. The fraction of sp³-hybridized carbons (Fsp3) is 0.100. The Kier molecular flexibility index (Phi) is 3.84. The van der Waals surface area contributed by atoms with Crippen molar-refractivity contribution in [1.29, 1.82) is 0 Å². The van der Waals surface area contributed by atoms with Crippen LogP contribution in [0.5, 0.6) is 0 Å². The summed E-state index contributed by atoms with van der Waals surface area (Å²) in [5, 5.41) is 0. The first-order valence-corrected chi connectivity index (χ1v) is 6.08. The largest absolute Gasteiger partial charge is 0.369 e. The minimum absolute atomic E-state index is 0.0642. The first-order valence-electron chi connectivity index (χ1n) is 4.60. The highest BCUT2D eigenvalue weighted by Gasteiger charge is 2.25. The highest BCUT2D eigenvalue weighted by Crippen LogP contribution is 2.08. The van der Waals surface area contributed by atoms with E-state index in [-0.39, 0.29) is 10.8 Å². The van der Waals surface area contributed by atoms with E-state index in [1.165, 1.54) is 24.3 Å². The van der Waals surface area contributed by atoms with Gasteiger partial charge in [0, 0.05) is 0 Å². The van der Waals surface area contributed by atoms with Crippen LogP contribution in [0, 0.1) is 5.92 Å². The Morgan fingerprint density at radius 1 is 1.18 bits per heavy atom. The summed E-state index contributed by atoms with van der Waals surface area (Å²) in [7, 11) is -3.97. The smallest absolute Gasteiger partial charge is 0.264 e. The van der Waals surface area contributed by atoms with Crippen LogP contribution in [0.2, 0.25) is 0 Å². The zero-order chi connectivity index (χ0) is 13.1. The topological polar surface area (TPSA) is 106 Å². The molecular formula is C10H11N2O4S. The van der Waals surface area contributed by atoms with Gasteiger partial charge in [-0.15, -0.1) is 0 Å². The Bertz CT molecular complexity index is 524. The van der Waals surface area contributed by atoms with Gasteiger partial charge in [-0.3, -0.25) is 9.59 Å². The van der Waals surface area contributed by atoms with Crippen molar-refractivity contribution in [3.8, 4) is 0 Å². The van der Waals surface area contributed by atoms with E-state index in [2.05, 4.69) is 0 Å². The second-order valence-corrected chi connectivity index (χ2v) is 4.92. The second kappa shape index (κ2) is 4.96. The number of nitrogens with one attached hydrogen (secondary N) is 1. The molecule has 1 aromatic carbocycles. The molecule has 0 bridgehead atoms. The number of amides is 2. The molecule has 0 fully saturated rings. The van der Waals surface area contributed by atoms with Crippen LogP contribution in [0.25, 0.3) is 0 Å². The minimum Gasteiger partial charge on any atom is -0.369 e. The number of primary amides is 1. The number of benzene rings is 1. The Morgan fingerprint density at radius 2 is 1.71 bits per heavy atom. The van der Waals surface area contributed by atoms with E-state index in [0.717, 1.165) is 6.92 Å². The molecule has 6 nitrogen and oxygen atoms in total. The van der Waals surface area contributed by atoms with E-state index in [1.54, 1.807) is 10.8 Å². The molecule has 17 heavy (non-hydrogen) atoms. The van der Waals surface area contributed by atoms with Crippen molar-refractivity contribution >= 4 is 21.8 Å². The van der Waals surface area contributed by atoms with Gasteiger partial charge in [0.1, 0.15) is 5.92 Å². The van der Waals surface area contributed by atoms with Gasteiger partial charge in [0.2, 0.25) is 5.91 Å². The summed E-state index contributed by atoms with van der Waals surface area (Å²) in [6.07, 6.45) is 0. The lowest BCUT2D eigenvalue weighted by Crippen LogP contribution is -2.38. The van der Waals surface area contributed by atoms with Crippen molar-refractivity contribution in [3.05, 3.63) is 36.2 Å². The summed E-state index contributed by atoms with van der Waals surface area (Å²) in [5.41, 5.74) is 4.86. The Balaban J connectivity index is 2.89. The Labute approximate surface area is 98.9 Å². The standard InChI is InChI=1S/C10H11N2O4S/c1-7(9(11)13)10(14)12-17(15,16)8-5-3-2-4-6-8/h2-6H,1H3,(H2,11,13)(H,12,14). The molecule has 1 radical (unpaired) electrons. The average Bonchev–Trinajstić information content (AvgIpc) is 2.28. The second-order valence-electron chi connectivity index (χ2n) is 3.24. The molecule has 1 aromatic rings. The molecule has 0 spiro atoms. The molecule has 3 N–H and O–H groups in total. The maximum Gasteiger partial charge on any atom is 0.264 e. The van der Waals surface area contributed by atoms with Crippen LogP contribution >= 0.6 is 0 Å². The van der Waals surface area contributed by atoms with Gasteiger partial charge in [-0.25, -0.2) is 13.1 Å². The average molecular weight is 255 g/mol. The number of sulfonamides is 1. The number of rotatable bonds is 4. The van der Waals surface area contributed by atoms with Gasteiger partial charge in [0.25, 0.3) is 15.9 Å². The molecule has 1 rings (SSSR count). The quantitative estimate of drug-likeness (QED) is 0.712. The van der Waals surface area contributed by atoms with Crippen LogP contribution in [-0.2, 0) is 19.6 Å². The van der Waals surface area contributed by atoms with E-state index in [9.17, 15) is 18.0 Å². The summed E-state index contributed by atoms with van der Waals surface area (Å²) >= 11 is 0. The van der Waals surface area contributed by atoms with Crippen LogP contribution in [0.1, 0.15) is 6.92 Å². The third kappa shape index (κ3) is 3.28. The summed E-state index contributed by atoms with van der Waals surface area (Å²) in [6, 6.07) is 7.33. The lowest BCUT2D eigenvalue weighted by molar-refractivity contribution is -0.123. The summed E-state index contributed by atoms with van der Waals surface area (Å²) in [5.74, 6) is -2.36. The van der Waals surface area contributed by atoms with Crippen LogP contribution in [0.15, 0.2) is 35.2 Å². The molecule has 0 saturated heterocycles. The van der Waals surface area contributed by atoms with Gasteiger partial charge in [-0.05, 0) is 19.1 Å². The van der Waals surface area contributed by atoms with Crippen molar-refractivity contribution < 1.29 is 18.0 Å². The molecule has 0 aliphatic heterocycles.